The smallest absolute Gasteiger partial charge is 0.290 e. The lowest BCUT2D eigenvalue weighted by Crippen LogP contribution is -2.48. The minimum absolute atomic E-state index is 0.241. The Bertz CT molecular complexity index is 936. The molecule has 0 amide bonds. The van der Waals surface area contributed by atoms with E-state index in [4.69, 9.17) is 16.3 Å². The van der Waals surface area contributed by atoms with E-state index in [0.717, 1.165) is 64.0 Å². The minimum atomic E-state index is -0.304. The second-order valence-corrected chi connectivity index (χ2v) is 8.63. The number of ether oxygens (including phenoxy) is 1. The van der Waals surface area contributed by atoms with Crippen LogP contribution in [-0.4, -0.2) is 52.5 Å². The molecule has 2 aliphatic heterocycles. The summed E-state index contributed by atoms with van der Waals surface area (Å²) in [7, 11) is 0. The predicted molar refractivity (Wildman–Crippen MR) is 123 cm³/mol. The van der Waals surface area contributed by atoms with Gasteiger partial charge in [-0.3, -0.25) is 14.7 Å². The summed E-state index contributed by atoms with van der Waals surface area (Å²) < 4.78 is 7.12. The fraction of sp³-hybridized carbons (Fsp3) is 0.609. The van der Waals surface area contributed by atoms with Gasteiger partial charge in [0.25, 0.3) is 5.56 Å². The molecule has 0 spiro atoms. The second kappa shape index (κ2) is 10.1. The number of aromatic nitrogens is 3. The molecule has 0 aromatic carbocycles. The van der Waals surface area contributed by atoms with E-state index in [2.05, 4.69) is 39.8 Å². The van der Waals surface area contributed by atoms with E-state index in [9.17, 15) is 4.79 Å². The number of piperazine rings is 1. The highest BCUT2D eigenvalue weighted by atomic mass is 35.5. The third-order valence-electron chi connectivity index (χ3n) is 6.46. The van der Waals surface area contributed by atoms with Crippen LogP contribution in [0.5, 0.6) is 0 Å². The molecule has 168 valence electrons. The zero-order valence-electron chi connectivity index (χ0n) is 18.5. The lowest BCUT2D eigenvalue weighted by molar-refractivity contribution is -0.0424. The fourth-order valence-corrected chi connectivity index (χ4v) is 5.03. The number of nitrogens with zero attached hydrogens (tertiary/aromatic N) is 5. The SMILES string of the molecule is CCc1ncccc1C(CC)N1CCN(c2cnn(C3CCCCO3)c(=O)c2Cl)CC1. The first-order valence-electron chi connectivity index (χ1n) is 11.5. The van der Waals surface area contributed by atoms with Crippen LogP contribution < -0.4 is 10.5 Å². The highest BCUT2D eigenvalue weighted by Crippen LogP contribution is 2.30. The molecule has 2 saturated heterocycles. The van der Waals surface area contributed by atoms with Crippen molar-refractivity contribution in [3.8, 4) is 0 Å². The Morgan fingerprint density at radius 3 is 2.71 bits per heavy atom. The highest BCUT2D eigenvalue weighted by Gasteiger charge is 2.28. The van der Waals surface area contributed by atoms with Gasteiger partial charge < -0.3 is 9.64 Å². The summed E-state index contributed by atoms with van der Waals surface area (Å²) in [4.78, 5) is 22.1. The Hall–Kier alpha value is -1.96. The Morgan fingerprint density at radius 2 is 2.03 bits per heavy atom. The number of halogens is 1. The van der Waals surface area contributed by atoms with Gasteiger partial charge >= 0.3 is 0 Å². The molecule has 2 aliphatic rings. The average molecular weight is 446 g/mol. The van der Waals surface area contributed by atoms with Crippen molar-refractivity contribution < 1.29 is 4.74 Å². The molecule has 2 aromatic heterocycles. The first kappa shape index (κ1) is 22.2. The van der Waals surface area contributed by atoms with Crippen molar-refractivity contribution in [2.75, 3.05) is 37.7 Å². The summed E-state index contributed by atoms with van der Waals surface area (Å²) in [6, 6.07) is 4.60. The molecular formula is C23H32ClN5O2. The maximum Gasteiger partial charge on any atom is 0.290 e. The molecule has 0 saturated carbocycles. The highest BCUT2D eigenvalue weighted by molar-refractivity contribution is 6.33. The van der Waals surface area contributed by atoms with Crippen molar-refractivity contribution in [3.63, 3.8) is 0 Å². The summed E-state index contributed by atoms with van der Waals surface area (Å²) in [6.07, 6.45) is 8.14. The van der Waals surface area contributed by atoms with Gasteiger partial charge in [-0.1, -0.05) is 31.5 Å². The first-order valence-corrected chi connectivity index (χ1v) is 11.8. The molecule has 2 fully saturated rings. The first-order chi connectivity index (χ1) is 15.1. The molecule has 31 heavy (non-hydrogen) atoms. The van der Waals surface area contributed by atoms with Crippen LogP contribution in [-0.2, 0) is 11.2 Å². The molecule has 8 heteroatoms. The third kappa shape index (κ3) is 4.64. The average Bonchev–Trinajstić information content (AvgIpc) is 2.83. The monoisotopic (exact) mass is 445 g/mol. The number of hydrogen-bond acceptors (Lipinski definition) is 6. The van der Waals surface area contributed by atoms with Crippen molar-refractivity contribution in [1.29, 1.82) is 0 Å². The standard InChI is InChI=1S/C23H32ClN5O2/c1-3-18-17(8-7-10-25-18)19(4-2)27-11-13-28(14-12-27)20-16-26-29(23(30)22(20)24)21-9-5-6-15-31-21/h7-8,10,16,19,21H,3-6,9,11-15H2,1-2H3. The maximum absolute atomic E-state index is 12.9. The van der Waals surface area contributed by atoms with Gasteiger partial charge in [-0.15, -0.1) is 0 Å². The topological polar surface area (TPSA) is 63.5 Å². The molecule has 0 radical (unpaired) electrons. The summed E-state index contributed by atoms with van der Waals surface area (Å²) in [6.45, 7) is 8.48. The van der Waals surface area contributed by atoms with Gasteiger partial charge in [-0.05, 0) is 43.7 Å². The van der Waals surface area contributed by atoms with Gasteiger partial charge in [-0.2, -0.15) is 9.78 Å². The quantitative estimate of drug-likeness (QED) is 0.673. The molecule has 0 aliphatic carbocycles. The molecule has 7 nitrogen and oxygen atoms in total. The van der Waals surface area contributed by atoms with Gasteiger partial charge in [-0.25, -0.2) is 0 Å². The van der Waals surface area contributed by atoms with Gasteiger partial charge in [0.2, 0.25) is 0 Å². The lowest BCUT2D eigenvalue weighted by atomic mass is 9.99. The van der Waals surface area contributed by atoms with E-state index < -0.39 is 0 Å². The van der Waals surface area contributed by atoms with Crippen molar-refractivity contribution >= 4 is 17.3 Å². The summed E-state index contributed by atoms with van der Waals surface area (Å²) in [5.74, 6) is 0. The zero-order valence-corrected chi connectivity index (χ0v) is 19.2. The van der Waals surface area contributed by atoms with Crippen LogP contribution in [0, 0.1) is 0 Å². The summed E-state index contributed by atoms with van der Waals surface area (Å²) in [5, 5.41) is 4.65. The molecule has 0 bridgehead atoms. The van der Waals surface area contributed by atoms with Crippen LogP contribution in [0.3, 0.4) is 0 Å². The van der Waals surface area contributed by atoms with E-state index in [1.54, 1.807) is 6.20 Å². The molecule has 2 unspecified atom stereocenters. The number of hydrogen-bond donors (Lipinski definition) is 0. The fourth-order valence-electron chi connectivity index (χ4n) is 4.78. The molecular weight excluding hydrogens is 414 g/mol. The van der Waals surface area contributed by atoms with Crippen molar-refractivity contribution in [2.24, 2.45) is 0 Å². The largest absolute Gasteiger partial charge is 0.366 e. The van der Waals surface area contributed by atoms with Crippen LogP contribution in [0.1, 0.15) is 63.1 Å². The number of pyridine rings is 1. The molecule has 0 N–H and O–H groups in total. The van der Waals surface area contributed by atoms with Crippen molar-refractivity contribution in [1.82, 2.24) is 19.7 Å². The van der Waals surface area contributed by atoms with E-state index in [-0.39, 0.29) is 16.8 Å². The predicted octanol–water partition coefficient (Wildman–Crippen LogP) is 3.83. The van der Waals surface area contributed by atoms with Crippen LogP contribution >= 0.6 is 11.6 Å². The molecule has 2 atom stereocenters. The Balaban J connectivity index is 1.47. The lowest BCUT2D eigenvalue weighted by Gasteiger charge is -2.40. The molecule has 2 aromatic rings. The van der Waals surface area contributed by atoms with E-state index in [1.807, 2.05) is 12.3 Å². The van der Waals surface area contributed by atoms with Gasteiger partial charge in [0, 0.05) is 50.7 Å². The summed E-state index contributed by atoms with van der Waals surface area (Å²) in [5.41, 5.74) is 2.97. The Kier molecular flexibility index (Phi) is 7.25. The maximum atomic E-state index is 12.9. The van der Waals surface area contributed by atoms with Crippen LogP contribution in [0.15, 0.2) is 29.3 Å². The van der Waals surface area contributed by atoms with Gasteiger partial charge in [0.15, 0.2) is 6.23 Å². The van der Waals surface area contributed by atoms with Crippen molar-refractivity contribution in [3.05, 3.63) is 51.2 Å². The van der Waals surface area contributed by atoms with E-state index in [1.165, 1.54) is 15.9 Å². The van der Waals surface area contributed by atoms with Crippen LogP contribution in [0.4, 0.5) is 5.69 Å². The zero-order chi connectivity index (χ0) is 21.8. The molecule has 4 rings (SSSR count). The van der Waals surface area contributed by atoms with Crippen LogP contribution in [0.25, 0.3) is 0 Å². The number of aryl methyl sites for hydroxylation is 1. The normalized spacial score (nSPS) is 21.3. The van der Waals surface area contributed by atoms with Crippen molar-refractivity contribution in [2.45, 2.75) is 58.2 Å². The summed E-state index contributed by atoms with van der Waals surface area (Å²) >= 11 is 6.52. The minimum Gasteiger partial charge on any atom is -0.366 e. The Labute approximate surface area is 189 Å². The number of anilines is 1. The Morgan fingerprint density at radius 1 is 1.23 bits per heavy atom. The van der Waals surface area contributed by atoms with Gasteiger partial charge in [0.1, 0.15) is 5.02 Å². The third-order valence-corrected chi connectivity index (χ3v) is 6.81. The van der Waals surface area contributed by atoms with E-state index >= 15 is 0 Å². The molecule has 4 heterocycles. The van der Waals surface area contributed by atoms with E-state index in [0.29, 0.717) is 12.6 Å². The second-order valence-electron chi connectivity index (χ2n) is 8.25. The van der Waals surface area contributed by atoms with Gasteiger partial charge in [0.05, 0.1) is 11.9 Å². The van der Waals surface area contributed by atoms with Crippen LogP contribution in [0.2, 0.25) is 5.02 Å². The number of rotatable bonds is 6.